The van der Waals surface area contributed by atoms with Crippen LogP contribution in [0, 0.1) is 0 Å². The molecule has 1 N–H and O–H groups in total. The largest absolute Gasteiger partial charge is 0.497 e. The maximum absolute atomic E-state index is 12.3. The molecule has 1 saturated heterocycles. The zero-order valence-electron chi connectivity index (χ0n) is 14.6. The lowest BCUT2D eigenvalue weighted by atomic mass is 10.2. The van der Waals surface area contributed by atoms with Crippen LogP contribution in [0.1, 0.15) is 25.7 Å². The second-order valence-corrected chi connectivity index (χ2v) is 6.22. The van der Waals surface area contributed by atoms with Crippen LogP contribution in [0.4, 0.5) is 5.69 Å². The van der Waals surface area contributed by atoms with E-state index in [1.807, 2.05) is 12.1 Å². The Kier molecular flexibility index (Phi) is 7.06. The number of rotatable bonds is 6. The number of nitrogens with one attached hydrogen (secondary N) is 1. The molecule has 0 unspecified atom stereocenters. The van der Waals surface area contributed by atoms with Crippen molar-refractivity contribution in [2.24, 2.45) is 0 Å². The zero-order valence-corrected chi connectivity index (χ0v) is 14.6. The molecule has 1 aromatic rings. The molecule has 1 aliphatic heterocycles. The van der Waals surface area contributed by atoms with E-state index in [1.165, 1.54) is 17.7 Å². The standard InChI is InChI=1S/C18H27N3O3/c1-20(18(23)14-21-10-5-3-4-6-11-21)13-17(22)19-15-8-7-9-16(12-15)24-2/h7-9,12H,3-6,10-11,13-14H2,1-2H3,(H,19,22). The normalized spacial score (nSPS) is 15.4. The van der Waals surface area contributed by atoms with Crippen LogP contribution in [0.5, 0.6) is 5.75 Å². The molecule has 0 saturated carbocycles. The molecule has 0 aromatic heterocycles. The van der Waals surface area contributed by atoms with E-state index in [9.17, 15) is 9.59 Å². The van der Waals surface area contributed by atoms with Gasteiger partial charge in [0.15, 0.2) is 0 Å². The summed E-state index contributed by atoms with van der Waals surface area (Å²) in [5.74, 6) is 0.450. The number of likely N-dealkylation sites (N-methyl/N-ethyl adjacent to an activating group) is 1. The Morgan fingerprint density at radius 2 is 1.92 bits per heavy atom. The summed E-state index contributed by atoms with van der Waals surface area (Å²) in [6, 6.07) is 7.16. The first kappa shape index (κ1) is 18.3. The molecule has 0 spiro atoms. The van der Waals surface area contributed by atoms with Crippen LogP contribution >= 0.6 is 0 Å². The molecule has 1 aromatic carbocycles. The van der Waals surface area contributed by atoms with Crippen LogP contribution in [0.15, 0.2) is 24.3 Å². The molecule has 0 aliphatic carbocycles. The van der Waals surface area contributed by atoms with Gasteiger partial charge in [0.25, 0.3) is 0 Å². The van der Waals surface area contributed by atoms with Crippen LogP contribution in [0.2, 0.25) is 0 Å². The highest BCUT2D eigenvalue weighted by molar-refractivity contribution is 5.94. The summed E-state index contributed by atoms with van der Waals surface area (Å²) in [5, 5.41) is 2.79. The maximum atomic E-state index is 12.3. The van der Waals surface area contributed by atoms with E-state index in [1.54, 1.807) is 26.3 Å². The topological polar surface area (TPSA) is 61.9 Å². The number of anilines is 1. The Balaban J connectivity index is 1.80. The first-order valence-corrected chi connectivity index (χ1v) is 8.48. The van der Waals surface area contributed by atoms with E-state index < -0.39 is 0 Å². The van der Waals surface area contributed by atoms with Crippen molar-refractivity contribution in [2.75, 3.05) is 45.7 Å². The summed E-state index contributed by atoms with van der Waals surface area (Å²) < 4.78 is 5.13. The predicted octanol–water partition coefficient (Wildman–Crippen LogP) is 1.97. The Labute approximate surface area is 143 Å². The SMILES string of the molecule is COc1cccc(NC(=O)CN(C)C(=O)CN2CCCCCC2)c1. The van der Waals surface area contributed by atoms with Crippen LogP contribution < -0.4 is 10.1 Å². The van der Waals surface area contributed by atoms with E-state index in [0.29, 0.717) is 18.0 Å². The minimum atomic E-state index is -0.213. The fourth-order valence-electron chi connectivity index (χ4n) is 2.81. The van der Waals surface area contributed by atoms with Gasteiger partial charge in [-0.25, -0.2) is 0 Å². The van der Waals surface area contributed by atoms with Gasteiger partial charge in [-0.05, 0) is 38.1 Å². The van der Waals surface area contributed by atoms with Gasteiger partial charge in [-0.15, -0.1) is 0 Å². The highest BCUT2D eigenvalue weighted by atomic mass is 16.5. The Bertz CT molecular complexity index is 554. The lowest BCUT2D eigenvalue weighted by Crippen LogP contribution is -2.42. The van der Waals surface area contributed by atoms with Crippen molar-refractivity contribution in [3.8, 4) is 5.75 Å². The maximum Gasteiger partial charge on any atom is 0.243 e. The second-order valence-electron chi connectivity index (χ2n) is 6.22. The van der Waals surface area contributed by atoms with E-state index >= 15 is 0 Å². The monoisotopic (exact) mass is 333 g/mol. The van der Waals surface area contributed by atoms with E-state index in [2.05, 4.69) is 10.2 Å². The van der Waals surface area contributed by atoms with Crippen molar-refractivity contribution >= 4 is 17.5 Å². The third kappa shape index (κ3) is 5.85. The van der Waals surface area contributed by atoms with E-state index in [4.69, 9.17) is 4.74 Å². The van der Waals surface area contributed by atoms with Gasteiger partial charge in [0.1, 0.15) is 5.75 Å². The fourth-order valence-corrected chi connectivity index (χ4v) is 2.81. The fraction of sp³-hybridized carbons (Fsp3) is 0.556. The number of hydrogen-bond donors (Lipinski definition) is 1. The molecule has 0 atom stereocenters. The molecule has 1 fully saturated rings. The van der Waals surface area contributed by atoms with Gasteiger partial charge in [0.05, 0.1) is 20.2 Å². The number of amides is 2. The van der Waals surface area contributed by atoms with Crippen molar-refractivity contribution < 1.29 is 14.3 Å². The molecular formula is C18H27N3O3. The van der Waals surface area contributed by atoms with Crippen molar-refractivity contribution in [3.05, 3.63) is 24.3 Å². The molecular weight excluding hydrogens is 306 g/mol. The highest BCUT2D eigenvalue weighted by Crippen LogP contribution is 2.16. The van der Waals surface area contributed by atoms with Crippen molar-refractivity contribution in [1.29, 1.82) is 0 Å². The van der Waals surface area contributed by atoms with Gasteiger partial charge < -0.3 is 15.0 Å². The van der Waals surface area contributed by atoms with Crippen LogP contribution in [0.25, 0.3) is 0 Å². The second kappa shape index (κ2) is 9.27. The third-order valence-electron chi connectivity index (χ3n) is 4.22. The quantitative estimate of drug-likeness (QED) is 0.864. The summed E-state index contributed by atoms with van der Waals surface area (Å²) in [5.41, 5.74) is 0.660. The smallest absolute Gasteiger partial charge is 0.243 e. The Morgan fingerprint density at radius 3 is 2.58 bits per heavy atom. The van der Waals surface area contributed by atoms with E-state index in [0.717, 1.165) is 25.9 Å². The average molecular weight is 333 g/mol. The zero-order chi connectivity index (χ0) is 17.4. The highest BCUT2D eigenvalue weighted by Gasteiger charge is 2.17. The summed E-state index contributed by atoms with van der Waals surface area (Å²) in [7, 11) is 3.25. The Hall–Kier alpha value is -2.08. The molecule has 0 radical (unpaired) electrons. The number of ether oxygens (including phenoxy) is 1. The first-order valence-electron chi connectivity index (χ1n) is 8.48. The summed E-state index contributed by atoms with van der Waals surface area (Å²) in [4.78, 5) is 28.1. The summed E-state index contributed by atoms with van der Waals surface area (Å²) in [6.07, 6.45) is 4.77. The molecule has 2 rings (SSSR count). The number of hydrogen-bond acceptors (Lipinski definition) is 4. The van der Waals surface area contributed by atoms with Crippen LogP contribution in [-0.2, 0) is 9.59 Å². The number of carbonyl (C=O) groups excluding carboxylic acids is 2. The van der Waals surface area contributed by atoms with Crippen molar-refractivity contribution in [2.45, 2.75) is 25.7 Å². The van der Waals surface area contributed by atoms with E-state index in [-0.39, 0.29) is 18.4 Å². The number of carbonyl (C=O) groups is 2. The Morgan fingerprint density at radius 1 is 1.21 bits per heavy atom. The molecule has 132 valence electrons. The predicted molar refractivity (Wildman–Crippen MR) is 94.2 cm³/mol. The van der Waals surface area contributed by atoms with Crippen molar-refractivity contribution in [3.63, 3.8) is 0 Å². The minimum Gasteiger partial charge on any atom is -0.497 e. The van der Waals surface area contributed by atoms with Gasteiger partial charge in [-0.2, -0.15) is 0 Å². The number of benzene rings is 1. The molecule has 24 heavy (non-hydrogen) atoms. The van der Waals surface area contributed by atoms with Gasteiger partial charge >= 0.3 is 0 Å². The molecule has 2 amide bonds. The minimum absolute atomic E-state index is 0.0160. The lowest BCUT2D eigenvalue weighted by molar-refractivity contribution is -0.134. The van der Waals surface area contributed by atoms with Gasteiger partial charge in [-0.3, -0.25) is 14.5 Å². The van der Waals surface area contributed by atoms with Crippen LogP contribution in [0.3, 0.4) is 0 Å². The lowest BCUT2D eigenvalue weighted by Gasteiger charge is -2.23. The van der Waals surface area contributed by atoms with Crippen molar-refractivity contribution in [1.82, 2.24) is 9.80 Å². The number of methoxy groups -OCH3 is 1. The average Bonchev–Trinajstić information content (AvgIpc) is 2.83. The number of nitrogens with zero attached hydrogens (tertiary/aromatic N) is 2. The van der Waals surface area contributed by atoms with Crippen LogP contribution in [-0.4, -0.2) is 62.0 Å². The molecule has 6 nitrogen and oxygen atoms in total. The first-order chi connectivity index (χ1) is 11.6. The van der Waals surface area contributed by atoms with Gasteiger partial charge in [0.2, 0.25) is 11.8 Å². The molecule has 6 heteroatoms. The molecule has 1 aliphatic rings. The van der Waals surface area contributed by atoms with Gasteiger partial charge in [-0.1, -0.05) is 18.9 Å². The summed E-state index contributed by atoms with van der Waals surface area (Å²) >= 11 is 0. The molecule has 0 bridgehead atoms. The summed E-state index contributed by atoms with van der Waals surface area (Å²) in [6.45, 7) is 2.37. The van der Waals surface area contributed by atoms with Gasteiger partial charge in [0, 0.05) is 18.8 Å². The number of likely N-dealkylation sites (tertiary alicyclic amines) is 1. The third-order valence-corrected chi connectivity index (χ3v) is 4.22. The molecule has 1 heterocycles.